The molecular formula is C44H30N2. The molecule has 0 saturated carbocycles. The Morgan fingerprint density at radius 3 is 1.39 bits per heavy atom. The van der Waals surface area contributed by atoms with Crippen molar-refractivity contribution in [1.29, 1.82) is 0 Å². The molecule has 0 saturated heterocycles. The van der Waals surface area contributed by atoms with Crippen molar-refractivity contribution in [3.63, 3.8) is 0 Å². The maximum Gasteiger partial charge on any atom is 0.0619 e. The van der Waals surface area contributed by atoms with Gasteiger partial charge in [0.05, 0.1) is 22.2 Å². The van der Waals surface area contributed by atoms with Gasteiger partial charge in [-0.1, -0.05) is 133 Å². The highest BCUT2D eigenvalue weighted by Gasteiger charge is 2.22. The van der Waals surface area contributed by atoms with Gasteiger partial charge in [0.15, 0.2) is 0 Å². The fourth-order valence-electron chi connectivity index (χ4n) is 7.09. The van der Waals surface area contributed by atoms with Crippen LogP contribution < -0.4 is 0 Å². The van der Waals surface area contributed by atoms with Crippen LogP contribution in [0.15, 0.2) is 182 Å². The maximum atomic E-state index is 2.42. The van der Waals surface area contributed by atoms with Crippen LogP contribution in [-0.2, 0) is 0 Å². The Bertz CT molecular complexity index is 2430. The average molecular weight is 587 g/mol. The van der Waals surface area contributed by atoms with Crippen molar-refractivity contribution in [2.24, 2.45) is 0 Å². The number of hydrogen-bond acceptors (Lipinski definition) is 0. The quantitative estimate of drug-likeness (QED) is 0.190. The topological polar surface area (TPSA) is 9.86 Å². The van der Waals surface area contributed by atoms with E-state index in [4.69, 9.17) is 0 Å². The average Bonchev–Trinajstić information content (AvgIpc) is 3.66. The van der Waals surface area contributed by atoms with Crippen LogP contribution in [0.1, 0.15) is 0 Å². The highest BCUT2D eigenvalue weighted by atomic mass is 15.0. The predicted octanol–water partition coefficient (Wildman–Crippen LogP) is 11.7. The van der Waals surface area contributed by atoms with Gasteiger partial charge in [-0.3, -0.25) is 0 Å². The van der Waals surface area contributed by atoms with Crippen LogP contribution in [0.5, 0.6) is 0 Å². The summed E-state index contributed by atoms with van der Waals surface area (Å²) in [5.41, 5.74) is 13.2. The lowest BCUT2D eigenvalue weighted by Gasteiger charge is -2.13. The lowest BCUT2D eigenvalue weighted by atomic mass is 9.96. The van der Waals surface area contributed by atoms with Crippen molar-refractivity contribution in [3.8, 4) is 44.9 Å². The van der Waals surface area contributed by atoms with Gasteiger partial charge >= 0.3 is 0 Å². The molecule has 2 heterocycles. The third-order valence-corrected chi connectivity index (χ3v) is 9.13. The first kappa shape index (κ1) is 26.3. The SMILES string of the molecule is c1ccc(-c2c(-c3ccccc3)n(-c3ccccc3)c3ccc(-c4ccc(-n5c6ccccc6c6ccccc65)cc4)cc23)cc1. The van der Waals surface area contributed by atoms with Crippen LogP contribution in [0.2, 0.25) is 0 Å². The molecule has 0 radical (unpaired) electrons. The zero-order valence-corrected chi connectivity index (χ0v) is 25.2. The van der Waals surface area contributed by atoms with Gasteiger partial charge in [0.1, 0.15) is 0 Å². The molecule has 0 aliphatic rings. The van der Waals surface area contributed by atoms with Gasteiger partial charge in [0.2, 0.25) is 0 Å². The molecule has 46 heavy (non-hydrogen) atoms. The Labute approximate surface area is 268 Å². The fourth-order valence-corrected chi connectivity index (χ4v) is 7.09. The molecular weight excluding hydrogens is 556 g/mol. The van der Waals surface area contributed by atoms with E-state index in [0.29, 0.717) is 0 Å². The molecule has 0 spiro atoms. The normalized spacial score (nSPS) is 11.5. The number of hydrogen-bond donors (Lipinski definition) is 0. The molecule has 216 valence electrons. The number of nitrogens with zero attached hydrogens (tertiary/aromatic N) is 2. The van der Waals surface area contributed by atoms with Crippen molar-refractivity contribution >= 4 is 32.7 Å². The van der Waals surface area contributed by atoms with Crippen molar-refractivity contribution in [3.05, 3.63) is 182 Å². The van der Waals surface area contributed by atoms with E-state index in [0.717, 1.165) is 11.4 Å². The van der Waals surface area contributed by atoms with Crippen LogP contribution in [0, 0.1) is 0 Å². The van der Waals surface area contributed by atoms with Crippen LogP contribution in [0.25, 0.3) is 77.6 Å². The molecule has 9 aromatic rings. The monoisotopic (exact) mass is 586 g/mol. The zero-order chi connectivity index (χ0) is 30.5. The second kappa shape index (κ2) is 10.8. The first-order valence-electron chi connectivity index (χ1n) is 15.8. The summed E-state index contributed by atoms with van der Waals surface area (Å²) in [6.45, 7) is 0. The standard InChI is InChI=1S/C44H30N2/c1-4-14-32(15-5-1)43-39-30-34(26-29-42(39)46(35-18-8-3-9-19-35)44(43)33-16-6-2-7-17-33)31-24-27-36(28-25-31)45-40-22-12-10-20-37(40)38-21-11-13-23-41(38)45/h1-30H. The predicted molar refractivity (Wildman–Crippen MR) is 194 cm³/mol. The van der Waals surface area contributed by atoms with E-state index in [1.807, 2.05) is 0 Å². The van der Waals surface area contributed by atoms with Gasteiger partial charge in [-0.2, -0.15) is 0 Å². The minimum atomic E-state index is 1.15. The molecule has 0 atom stereocenters. The van der Waals surface area contributed by atoms with Crippen molar-refractivity contribution < 1.29 is 0 Å². The molecule has 2 nitrogen and oxygen atoms in total. The molecule has 0 amide bonds. The smallest absolute Gasteiger partial charge is 0.0619 e. The van der Waals surface area contributed by atoms with E-state index in [1.54, 1.807) is 0 Å². The summed E-state index contributed by atoms with van der Waals surface area (Å²) in [6, 6.07) is 65.6. The van der Waals surface area contributed by atoms with Gasteiger partial charge in [-0.25, -0.2) is 0 Å². The molecule has 7 aromatic carbocycles. The van der Waals surface area contributed by atoms with E-state index in [1.165, 1.54) is 66.2 Å². The summed E-state index contributed by atoms with van der Waals surface area (Å²) in [5, 5.41) is 3.79. The van der Waals surface area contributed by atoms with Gasteiger partial charge < -0.3 is 9.13 Å². The summed E-state index contributed by atoms with van der Waals surface area (Å²) < 4.78 is 4.79. The van der Waals surface area contributed by atoms with Crippen LogP contribution >= 0.6 is 0 Å². The van der Waals surface area contributed by atoms with Gasteiger partial charge in [-0.05, 0) is 70.8 Å². The first-order valence-corrected chi connectivity index (χ1v) is 15.8. The van der Waals surface area contributed by atoms with E-state index < -0.39 is 0 Å². The fraction of sp³-hybridized carbons (Fsp3) is 0. The Morgan fingerprint density at radius 1 is 0.283 bits per heavy atom. The number of fused-ring (bicyclic) bond motifs is 4. The van der Waals surface area contributed by atoms with Crippen molar-refractivity contribution in [2.75, 3.05) is 0 Å². The highest BCUT2D eigenvalue weighted by Crippen LogP contribution is 2.44. The molecule has 9 rings (SSSR count). The van der Waals surface area contributed by atoms with E-state index >= 15 is 0 Å². The Morgan fingerprint density at radius 2 is 0.761 bits per heavy atom. The molecule has 0 unspecified atom stereocenters. The lowest BCUT2D eigenvalue weighted by molar-refractivity contribution is 1.13. The van der Waals surface area contributed by atoms with Crippen LogP contribution in [0.3, 0.4) is 0 Å². The molecule has 0 bridgehead atoms. The minimum absolute atomic E-state index is 1.15. The van der Waals surface area contributed by atoms with Gasteiger partial charge in [0, 0.05) is 33.1 Å². The summed E-state index contributed by atoms with van der Waals surface area (Å²) in [5.74, 6) is 0. The Hall–Kier alpha value is -6.12. The largest absolute Gasteiger partial charge is 0.309 e. The third kappa shape index (κ3) is 4.19. The van der Waals surface area contributed by atoms with Gasteiger partial charge in [-0.15, -0.1) is 0 Å². The van der Waals surface area contributed by atoms with Crippen molar-refractivity contribution in [2.45, 2.75) is 0 Å². The lowest BCUT2D eigenvalue weighted by Crippen LogP contribution is -1.97. The summed E-state index contributed by atoms with van der Waals surface area (Å²) in [6.07, 6.45) is 0. The van der Waals surface area contributed by atoms with E-state index in [-0.39, 0.29) is 0 Å². The molecule has 2 aromatic heterocycles. The first-order chi connectivity index (χ1) is 22.8. The number of aromatic nitrogens is 2. The molecule has 0 fully saturated rings. The van der Waals surface area contributed by atoms with E-state index in [9.17, 15) is 0 Å². The zero-order valence-electron chi connectivity index (χ0n) is 25.2. The minimum Gasteiger partial charge on any atom is -0.309 e. The number of para-hydroxylation sites is 3. The second-order valence-corrected chi connectivity index (χ2v) is 11.8. The van der Waals surface area contributed by atoms with Crippen molar-refractivity contribution in [1.82, 2.24) is 9.13 Å². The number of rotatable bonds is 5. The number of benzene rings is 7. The summed E-state index contributed by atoms with van der Waals surface area (Å²) in [4.78, 5) is 0. The summed E-state index contributed by atoms with van der Waals surface area (Å²) >= 11 is 0. The maximum absolute atomic E-state index is 2.42. The van der Waals surface area contributed by atoms with E-state index in [2.05, 4.69) is 191 Å². The third-order valence-electron chi connectivity index (χ3n) is 9.13. The Balaban J connectivity index is 1.25. The second-order valence-electron chi connectivity index (χ2n) is 11.8. The molecule has 2 heteroatoms. The van der Waals surface area contributed by atoms with Gasteiger partial charge in [0.25, 0.3) is 0 Å². The summed E-state index contributed by atoms with van der Waals surface area (Å²) in [7, 11) is 0. The molecule has 0 aliphatic heterocycles. The molecule has 0 aliphatic carbocycles. The molecule has 0 N–H and O–H groups in total. The highest BCUT2D eigenvalue weighted by molar-refractivity contribution is 6.09. The Kier molecular flexibility index (Phi) is 6.17. The van der Waals surface area contributed by atoms with Crippen LogP contribution in [0.4, 0.5) is 0 Å². The van der Waals surface area contributed by atoms with Crippen LogP contribution in [-0.4, -0.2) is 9.13 Å².